The first-order chi connectivity index (χ1) is 15.8. The van der Waals surface area contributed by atoms with E-state index in [1.54, 1.807) is 6.92 Å². The van der Waals surface area contributed by atoms with E-state index in [-0.39, 0.29) is 23.5 Å². The Balaban J connectivity index is 2.02. The van der Waals surface area contributed by atoms with Gasteiger partial charge in [0.15, 0.2) is 5.50 Å². The van der Waals surface area contributed by atoms with Gasteiger partial charge in [-0.1, -0.05) is 6.92 Å². The fraction of sp³-hybridized carbons (Fsp3) is 0.348. The number of hydrogen-bond donors (Lipinski definition) is 1. The summed E-state index contributed by atoms with van der Waals surface area (Å²) >= 11 is 4.45. The maximum Gasteiger partial charge on any atom is 0.417 e. The lowest BCUT2D eigenvalue weighted by molar-refractivity contribution is -0.137. The second-order valence-electron chi connectivity index (χ2n) is 8.09. The molecular weight excluding hydrogens is 474 g/mol. The molecule has 1 unspecified atom stereocenters. The maximum atomic E-state index is 14.7. The van der Waals surface area contributed by atoms with Gasteiger partial charge in [0.2, 0.25) is 0 Å². The second kappa shape index (κ2) is 9.18. The average molecular weight is 495 g/mol. The van der Waals surface area contributed by atoms with Crippen molar-refractivity contribution in [3.05, 3.63) is 58.9 Å². The fourth-order valence-electron chi connectivity index (χ4n) is 3.72. The van der Waals surface area contributed by atoms with E-state index < -0.39 is 46.0 Å². The quantitative estimate of drug-likeness (QED) is 0.354. The van der Waals surface area contributed by atoms with Crippen molar-refractivity contribution in [3.8, 4) is 6.07 Å². The highest BCUT2D eigenvalue weighted by molar-refractivity contribution is 7.81. The van der Waals surface area contributed by atoms with E-state index in [0.29, 0.717) is 12.5 Å². The van der Waals surface area contributed by atoms with Crippen molar-refractivity contribution in [3.63, 3.8) is 0 Å². The van der Waals surface area contributed by atoms with Crippen molar-refractivity contribution >= 4 is 35.9 Å². The van der Waals surface area contributed by atoms with E-state index in [4.69, 9.17) is 10.00 Å². The van der Waals surface area contributed by atoms with Crippen molar-refractivity contribution in [1.82, 2.24) is 0 Å². The Labute approximate surface area is 199 Å². The van der Waals surface area contributed by atoms with Crippen LogP contribution >= 0.6 is 12.6 Å². The number of hydrogen-bond acceptors (Lipinski definition) is 6. The van der Waals surface area contributed by atoms with Crippen LogP contribution in [0.3, 0.4) is 0 Å². The number of thiol groups is 1. The third kappa shape index (κ3) is 4.42. The Kier molecular flexibility index (Phi) is 6.85. The van der Waals surface area contributed by atoms with Crippen LogP contribution in [0, 0.1) is 17.1 Å². The normalized spacial score (nSPS) is 17.6. The molecular formula is C23H21F4N3O3S. The van der Waals surface area contributed by atoms with E-state index in [2.05, 4.69) is 12.6 Å². The van der Waals surface area contributed by atoms with Crippen molar-refractivity contribution in [2.45, 2.75) is 44.4 Å². The first kappa shape index (κ1) is 25.4. The number of rotatable bonds is 5. The molecule has 2 aromatic carbocycles. The summed E-state index contributed by atoms with van der Waals surface area (Å²) in [6.07, 6.45) is -4.24. The Morgan fingerprint density at radius 1 is 1.21 bits per heavy atom. The summed E-state index contributed by atoms with van der Waals surface area (Å²) in [6, 6.07) is 8.09. The lowest BCUT2D eigenvalue weighted by Gasteiger charge is -2.33. The fourth-order valence-corrected chi connectivity index (χ4v) is 4.38. The van der Waals surface area contributed by atoms with Crippen LogP contribution in [-0.2, 0) is 15.7 Å². The van der Waals surface area contributed by atoms with Crippen LogP contribution in [-0.4, -0.2) is 29.5 Å². The summed E-state index contributed by atoms with van der Waals surface area (Å²) in [7, 11) is 0. The molecule has 0 radical (unpaired) electrons. The average Bonchev–Trinajstić information content (AvgIpc) is 2.94. The lowest BCUT2D eigenvalue weighted by Crippen LogP contribution is -2.45. The Morgan fingerprint density at radius 2 is 1.85 bits per heavy atom. The number of ether oxygens (including phenoxy) is 1. The summed E-state index contributed by atoms with van der Waals surface area (Å²) < 4.78 is 60.0. The number of halogens is 4. The zero-order valence-electron chi connectivity index (χ0n) is 18.5. The molecule has 34 heavy (non-hydrogen) atoms. The minimum atomic E-state index is -4.81. The highest BCUT2D eigenvalue weighted by atomic mass is 32.1. The second-order valence-corrected chi connectivity index (χ2v) is 8.55. The van der Waals surface area contributed by atoms with Gasteiger partial charge in [-0.3, -0.25) is 9.69 Å². The molecule has 3 rings (SSSR count). The first-order valence-electron chi connectivity index (χ1n) is 10.2. The van der Waals surface area contributed by atoms with Gasteiger partial charge in [0.25, 0.3) is 5.91 Å². The molecule has 1 aliphatic heterocycles. The molecule has 1 atom stereocenters. The summed E-state index contributed by atoms with van der Waals surface area (Å²) in [5.41, 5.74) is -4.40. The molecule has 1 heterocycles. The Hall–Kier alpha value is -3.26. The zero-order chi connectivity index (χ0) is 25.4. The maximum absolute atomic E-state index is 14.7. The lowest BCUT2D eigenvalue weighted by atomic mass is 10.0. The van der Waals surface area contributed by atoms with Crippen LogP contribution in [0.4, 0.5) is 28.9 Å². The minimum Gasteiger partial charge on any atom is -0.462 e. The molecule has 0 aliphatic carbocycles. The topological polar surface area (TPSA) is 73.6 Å². The highest BCUT2D eigenvalue weighted by Crippen LogP contribution is 2.42. The van der Waals surface area contributed by atoms with Gasteiger partial charge in [-0.15, -0.1) is 12.6 Å². The number of nitrogens with zero attached hydrogens (tertiary/aromatic N) is 3. The molecule has 1 aliphatic rings. The summed E-state index contributed by atoms with van der Waals surface area (Å²) in [5.74, 6) is -2.29. The number of anilines is 2. The van der Waals surface area contributed by atoms with Gasteiger partial charge >= 0.3 is 12.1 Å². The Morgan fingerprint density at radius 3 is 2.41 bits per heavy atom. The van der Waals surface area contributed by atoms with Crippen molar-refractivity contribution in [2.24, 2.45) is 0 Å². The first-order valence-corrected chi connectivity index (χ1v) is 10.7. The predicted octanol–water partition coefficient (Wildman–Crippen LogP) is 5.13. The number of alkyl halides is 3. The third-order valence-corrected chi connectivity index (χ3v) is 5.86. The summed E-state index contributed by atoms with van der Waals surface area (Å²) in [4.78, 5) is 27.7. The number of esters is 1. The molecule has 0 aromatic heterocycles. The SMILES string of the molecule is CCCOC(=O)c1ccc(N2C(S)N(c3ccc(C#N)c(C(F)(F)F)c3)C(=O)C2(C)C)cc1F. The molecule has 6 nitrogen and oxygen atoms in total. The number of nitriles is 1. The van der Waals surface area contributed by atoms with Gasteiger partial charge in [-0.05, 0) is 56.7 Å². The van der Waals surface area contributed by atoms with Crippen LogP contribution in [0.25, 0.3) is 0 Å². The number of amides is 1. The molecule has 2 aromatic rings. The van der Waals surface area contributed by atoms with Gasteiger partial charge in [0.05, 0.1) is 29.4 Å². The molecule has 180 valence electrons. The standard InChI is InChI=1S/C23H21F4N3O3S/c1-4-9-33-19(31)16-8-7-15(11-18(16)24)30-21(34)29(20(32)22(30,2)3)14-6-5-13(12-28)17(10-14)23(25,26)27/h5-8,10-11,21,34H,4,9H2,1-3H3. The summed E-state index contributed by atoms with van der Waals surface area (Å²) in [5, 5.41) is 9.03. The van der Waals surface area contributed by atoms with Crippen molar-refractivity contribution < 1.29 is 31.9 Å². The number of carbonyl (C=O) groups is 2. The van der Waals surface area contributed by atoms with E-state index in [1.807, 2.05) is 0 Å². The van der Waals surface area contributed by atoms with Gasteiger partial charge in [0.1, 0.15) is 11.4 Å². The van der Waals surface area contributed by atoms with Crippen molar-refractivity contribution in [2.75, 3.05) is 16.4 Å². The summed E-state index contributed by atoms with van der Waals surface area (Å²) in [6.45, 7) is 4.97. The van der Waals surface area contributed by atoms with Crippen LogP contribution in [0.2, 0.25) is 0 Å². The zero-order valence-corrected chi connectivity index (χ0v) is 19.4. The molecule has 11 heteroatoms. The van der Waals surface area contributed by atoms with Gasteiger partial charge in [0, 0.05) is 11.4 Å². The highest BCUT2D eigenvalue weighted by Gasteiger charge is 2.51. The van der Waals surface area contributed by atoms with Gasteiger partial charge in [-0.25, -0.2) is 9.18 Å². The molecule has 0 spiro atoms. The minimum absolute atomic E-state index is 0.118. The Bertz CT molecular complexity index is 1180. The predicted molar refractivity (Wildman–Crippen MR) is 120 cm³/mol. The van der Waals surface area contributed by atoms with E-state index in [9.17, 15) is 27.2 Å². The molecule has 1 saturated heterocycles. The van der Waals surface area contributed by atoms with E-state index in [1.165, 1.54) is 43.0 Å². The molecule has 1 amide bonds. The molecule has 1 fully saturated rings. The largest absolute Gasteiger partial charge is 0.462 e. The van der Waals surface area contributed by atoms with E-state index >= 15 is 0 Å². The van der Waals surface area contributed by atoms with Gasteiger partial charge < -0.3 is 9.64 Å². The molecule has 0 bridgehead atoms. The number of carbonyl (C=O) groups excluding carboxylic acids is 2. The van der Waals surface area contributed by atoms with E-state index in [0.717, 1.165) is 17.0 Å². The van der Waals surface area contributed by atoms with Crippen molar-refractivity contribution in [1.29, 1.82) is 5.26 Å². The third-order valence-electron chi connectivity index (χ3n) is 5.40. The van der Waals surface area contributed by atoms with Crippen LogP contribution in [0.5, 0.6) is 0 Å². The van der Waals surface area contributed by atoms with Gasteiger partial charge in [-0.2, -0.15) is 18.4 Å². The van der Waals surface area contributed by atoms with Crippen LogP contribution in [0.1, 0.15) is 48.7 Å². The smallest absolute Gasteiger partial charge is 0.417 e. The number of benzene rings is 2. The monoisotopic (exact) mass is 495 g/mol. The van der Waals surface area contributed by atoms with Crippen LogP contribution in [0.15, 0.2) is 36.4 Å². The molecule has 0 N–H and O–H groups in total. The van der Waals surface area contributed by atoms with Crippen LogP contribution < -0.4 is 9.80 Å². The molecule has 0 saturated carbocycles.